The number of hydrogen-bond acceptors (Lipinski definition) is 6. The van der Waals surface area contributed by atoms with Crippen molar-refractivity contribution >= 4 is 17.6 Å². The van der Waals surface area contributed by atoms with Crippen LogP contribution in [0, 0.1) is 6.92 Å². The quantitative estimate of drug-likeness (QED) is 0.820. The molecule has 0 aliphatic heterocycles. The molecule has 0 amide bonds. The van der Waals surface area contributed by atoms with Gasteiger partial charge in [-0.25, -0.2) is 15.0 Å². The van der Waals surface area contributed by atoms with Gasteiger partial charge in [0.25, 0.3) is 5.22 Å². The maximum Gasteiger partial charge on any atom is 0.255 e. The molecule has 84 valence electrons. The SMILES string of the molecule is CNc1cc(C)nc(CSc2ncco2)n1. The fourth-order valence-corrected chi connectivity index (χ4v) is 1.87. The number of aryl methyl sites for hydroxylation is 1. The summed E-state index contributed by atoms with van der Waals surface area (Å²) in [5.74, 6) is 2.25. The van der Waals surface area contributed by atoms with Gasteiger partial charge in [0.05, 0.1) is 11.9 Å². The first-order chi connectivity index (χ1) is 7.78. The van der Waals surface area contributed by atoms with Crippen LogP contribution in [0.15, 0.2) is 28.2 Å². The van der Waals surface area contributed by atoms with Crippen molar-refractivity contribution in [2.45, 2.75) is 17.9 Å². The van der Waals surface area contributed by atoms with E-state index in [0.717, 1.165) is 17.3 Å². The lowest BCUT2D eigenvalue weighted by atomic mass is 10.4. The Balaban J connectivity index is 2.06. The van der Waals surface area contributed by atoms with Crippen LogP contribution in [0.3, 0.4) is 0 Å². The molecular weight excluding hydrogens is 224 g/mol. The molecule has 2 rings (SSSR count). The van der Waals surface area contributed by atoms with Gasteiger partial charge in [-0.3, -0.25) is 0 Å². The Kier molecular flexibility index (Phi) is 3.40. The van der Waals surface area contributed by atoms with Gasteiger partial charge in [0.1, 0.15) is 17.9 Å². The largest absolute Gasteiger partial charge is 0.440 e. The molecule has 0 saturated carbocycles. The third-order valence-corrected chi connectivity index (χ3v) is 2.74. The Labute approximate surface area is 97.7 Å². The molecule has 0 aliphatic carbocycles. The fourth-order valence-electron chi connectivity index (χ4n) is 1.23. The molecule has 0 aromatic carbocycles. The van der Waals surface area contributed by atoms with Gasteiger partial charge in [-0.2, -0.15) is 0 Å². The van der Waals surface area contributed by atoms with Gasteiger partial charge < -0.3 is 9.73 Å². The molecule has 0 spiro atoms. The zero-order chi connectivity index (χ0) is 11.4. The minimum absolute atomic E-state index is 0.635. The van der Waals surface area contributed by atoms with E-state index in [1.54, 1.807) is 12.5 Å². The summed E-state index contributed by atoms with van der Waals surface area (Å²) in [7, 11) is 1.84. The average molecular weight is 236 g/mol. The molecule has 0 atom stereocenters. The highest BCUT2D eigenvalue weighted by molar-refractivity contribution is 7.98. The van der Waals surface area contributed by atoms with E-state index >= 15 is 0 Å². The van der Waals surface area contributed by atoms with E-state index < -0.39 is 0 Å². The number of oxazole rings is 1. The Bertz CT molecular complexity index is 458. The van der Waals surface area contributed by atoms with E-state index in [-0.39, 0.29) is 0 Å². The van der Waals surface area contributed by atoms with E-state index in [1.807, 2.05) is 20.0 Å². The van der Waals surface area contributed by atoms with Crippen LogP contribution in [-0.4, -0.2) is 22.0 Å². The third kappa shape index (κ3) is 2.73. The molecule has 0 saturated heterocycles. The summed E-state index contributed by atoms with van der Waals surface area (Å²) in [5.41, 5.74) is 0.947. The summed E-state index contributed by atoms with van der Waals surface area (Å²) in [5, 5.41) is 3.64. The Morgan fingerprint density at radius 2 is 2.31 bits per heavy atom. The zero-order valence-corrected chi connectivity index (χ0v) is 9.91. The van der Waals surface area contributed by atoms with E-state index in [2.05, 4.69) is 20.3 Å². The van der Waals surface area contributed by atoms with Gasteiger partial charge >= 0.3 is 0 Å². The van der Waals surface area contributed by atoms with Crippen molar-refractivity contribution in [2.75, 3.05) is 12.4 Å². The highest BCUT2D eigenvalue weighted by Crippen LogP contribution is 2.19. The van der Waals surface area contributed by atoms with Gasteiger partial charge in [0.2, 0.25) is 0 Å². The maximum absolute atomic E-state index is 5.12. The van der Waals surface area contributed by atoms with E-state index in [0.29, 0.717) is 11.0 Å². The van der Waals surface area contributed by atoms with Gasteiger partial charge in [-0.15, -0.1) is 0 Å². The second kappa shape index (κ2) is 4.98. The number of nitrogens with one attached hydrogen (secondary N) is 1. The molecule has 0 unspecified atom stereocenters. The maximum atomic E-state index is 5.12. The van der Waals surface area contributed by atoms with Gasteiger partial charge in [0.15, 0.2) is 0 Å². The molecule has 16 heavy (non-hydrogen) atoms. The number of rotatable bonds is 4. The molecule has 1 N–H and O–H groups in total. The summed E-state index contributed by atoms with van der Waals surface area (Å²) < 4.78 is 5.12. The lowest BCUT2D eigenvalue weighted by Gasteiger charge is -2.03. The number of aromatic nitrogens is 3. The van der Waals surface area contributed by atoms with E-state index in [1.165, 1.54) is 11.8 Å². The van der Waals surface area contributed by atoms with Gasteiger partial charge in [-0.1, -0.05) is 11.8 Å². The Morgan fingerprint density at radius 3 is 3.00 bits per heavy atom. The smallest absolute Gasteiger partial charge is 0.255 e. The summed E-state index contributed by atoms with van der Waals surface area (Å²) in [6.07, 6.45) is 3.18. The van der Waals surface area contributed by atoms with E-state index in [4.69, 9.17) is 4.42 Å². The van der Waals surface area contributed by atoms with Crippen LogP contribution in [0.5, 0.6) is 0 Å². The van der Waals surface area contributed by atoms with Crippen molar-refractivity contribution < 1.29 is 4.42 Å². The minimum atomic E-state index is 0.635. The molecule has 0 fully saturated rings. The lowest BCUT2D eigenvalue weighted by Crippen LogP contribution is -2.00. The van der Waals surface area contributed by atoms with Crippen LogP contribution in [-0.2, 0) is 5.75 Å². The third-order valence-electron chi connectivity index (χ3n) is 1.89. The second-order valence-electron chi connectivity index (χ2n) is 3.15. The Hall–Kier alpha value is -1.56. The van der Waals surface area contributed by atoms with Gasteiger partial charge in [-0.05, 0) is 6.92 Å². The normalized spacial score (nSPS) is 10.4. The van der Waals surface area contributed by atoms with Crippen LogP contribution in [0.2, 0.25) is 0 Å². The minimum Gasteiger partial charge on any atom is -0.440 e. The van der Waals surface area contributed by atoms with Crippen molar-refractivity contribution in [1.29, 1.82) is 0 Å². The monoisotopic (exact) mass is 236 g/mol. The number of hydrogen-bond donors (Lipinski definition) is 1. The van der Waals surface area contributed by atoms with E-state index in [9.17, 15) is 0 Å². The summed E-state index contributed by atoms with van der Waals surface area (Å²) in [6.45, 7) is 1.95. The number of anilines is 1. The van der Waals surface area contributed by atoms with Gasteiger partial charge in [0, 0.05) is 18.8 Å². The van der Waals surface area contributed by atoms with Crippen LogP contribution >= 0.6 is 11.8 Å². The predicted molar refractivity (Wildman–Crippen MR) is 62.4 cm³/mol. The second-order valence-corrected chi connectivity index (χ2v) is 4.07. The van der Waals surface area contributed by atoms with Crippen molar-refractivity contribution in [3.05, 3.63) is 30.0 Å². The highest BCUT2D eigenvalue weighted by atomic mass is 32.2. The first kappa shape index (κ1) is 10.9. The first-order valence-corrected chi connectivity index (χ1v) is 5.81. The predicted octanol–water partition coefficient (Wildman–Crippen LogP) is 2.11. The topological polar surface area (TPSA) is 63.8 Å². The average Bonchev–Trinajstić information content (AvgIpc) is 2.78. The molecule has 0 radical (unpaired) electrons. The lowest BCUT2D eigenvalue weighted by molar-refractivity contribution is 0.454. The molecule has 0 bridgehead atoms. The van der Waals surface area contributed by atoms with Crippen LogP contribution in [0.1, 0.15) is 11.5 Å². The molecule has 2 aromatic rings. The van der Waals surface area contributed by atoms with Crippen molar-refractivity contribution in [3.63, 3.8) is 0 Å². The molecule has 2 aromatic heterocycles. The van der Waals surface area contributed by atoms with Crippen molar-refractivity contribution in [1.82, 2.24) is 15.0 Å². The molecule has 2 heterocycles. The van der Waals surface area contributed by atoms with Crippen molar-refractivity contribution in [2.24, 2.45) is 0 Å². The van der Waals surface area contributed by atoms with Crippen LogP contribution in [0.4, 0.5) is 5.82 Å². The first-order valence-electron chi connectivity index (χ1n) is 4.82. The standard InChI is InChI=1S/C10H12N4OS/c1-7-5-8(11-2)14-9(13-7)6-16-10-12-3-4-15-10/h3-5H,6H2,1-2H3,(H,11,13,14). The van der Waals surface area contributed by atoms with Crippen LogP contribution < -0.4 is 5.32 Å². The van der Waals surface area contributed by atoms with Crippen LogP contribution in [0.25, 0.3) is 0 Å². The molecule has 0 aliphatic rings. The summed E-state index contributed by atoms with van der Waals surface area (Å²) in [6, 6.07) is 1.90. The summed E-state index contributed by atoms with van der Waals surface area (Å²) in [4.78, 5) is 12.7. The number of nitrogens with zero attached hydrogens (tertiary/aromatic N) is 3. The fraction of sp³-hybridized carbons (Fsp3) is 0.300. The van der Waals surface area contributed by atoms with Crippen molar-refractivity contribution in [3.8, 4) is 0 Å². The molecule has 5 nitrogen and oxygen atoms in total. The molecular formula is C10H12N4OS. The summed E-state index contributed by atoms with van der Waals surface area (Å²) >= 11 is 1.48. The molecule has 6 heteroatoms. The number of thioether (sulfide) groups is 1. The Morgan fingerprint density at radius 1 is 1.44 bits per heavy atom. The zero-order valence-electron chi connectivity index (χ0n) is 9.10. The highest BCUT2D eigenvalue weighted by Gasteiger charge is 2.04.